The summed E-state index contributed by atoms with van der Waals surface area (Å²) in [5.41, 5.74) is 1.58. The van der Waals surface area contributed by atoms with Crippen LogP contribution in [0.2, 0.25) is 0 Å². The van der Waals surface area contributed by atoms with Crippen LogP contribution >= 0.6 is 0 Å². The molecule has 0 aliphatic carbocycles. The lowest BCUT2D eigenvalue weighted by Gasteiger charge is -2.09. The fourth-order valence-electron chi connectivity index (χ4n) is 1.95. The van der Waals surface area contributed by atoms with Gasteiger partial charge >= 0.3 is 0 Å². The fraction of sp³-hybridized carbons (Fsp3) is 0.176. The van der Waals surface area contributed by atoms with Crippen LogP contribution in [-0.2, 0) is 11.3 Å². The first-order valence-corrected chi connectivity index (χ1v) is 6.81. The van der Waals surface area contributed by atoms with Gasteiger partial charge in [-0.15, -0.1) is 0 Å². The second kappa shape index (κ2) is 7.83. The van der Waals surface area contributed by atoms with Crippen molar-refractivity contribution in [2.24, 2.45) is 0 Å². The fourth-order valence-corrected chi connectivity index (χ4v) is 1.95. The molecule has 0 fully saturated rings. The van der Waals surface area contributed by atoms with Crippen LogP contribution in [0.5, 0.6) is 11.5 Å². The summed E-state index contributed by atoms with van der Waals surface area (Å²) >= 11 is 0. The number of methoxy groups -OCH3 is 2. The minimum atomic E-state index is -0.199. The summed E-state index contributed by atoms with van der Waals surface area (Å²) in [4.78, 5) is 16.0. The third-order valence-electron chi connectivity index (χ3n) is 3.02. The molecule has 0 atom stereocenters. The van der Waals surface area contributed by atoms with Crippen molar-refractivity contribution in [3.63, 3.8) is 0 Å². The maximum absolute atomic E-state index is 11.8. The van der Waals surface area contributed by atoms with Crippen LogP contribution < -0.4 is 14.8 Å². The first kappa shape index (κ1) is 15.6. The highest BCUT2D eigenvalue weighted by Gasteiger charge is 2.07. The first-order chi connectivity index (χ1) is 10.7. The van der Waals surface area contributed by atoms with Gasteiger partial charge in [-0.3, -0.25) is 9.78 Å². The zero-order valence-corrected chi connectivity index (χ0v) is 12.6. The molecule has 0 saturated carbocycles. The molecule has 0 saturated heterocycles. The molecule has 1 amide bonds. The van der Waals surface area contributed by atoms with Crippen molar-refractivity contribution in [2.45, 2.75) is 6.54 Å². The molecule has 0 radical (unpaired) electrons. The van der Waals surface area contributed by atoms with Gasteiger partial charge in [0.2, 0.25) is 5.91 Å². The second-order valence-electron chi connectivity index (χ2n) is 4.45. The maximum atomic E-state index is 11.8. The van der Waals surface area contributed by atoms with Gasteiger partial charge in [0, 0.05) is 17.8 Å². The number of carbonyl (C=O) groups excluding carboxylic acids is 1. The van der Waals surface area contributed by atoms with Crippen molar-refractivity contribution in [3.05, 3.63) is 59.9 Å². The average molecular weight is 298 g/mol. The van der Waals surface area contributed by atoms with Gasteiger partial charge in [-0.05, 0) is 24.3 Å². The smallest absolute Gasteiger partial charge is 0.244 e. The summed E-state index contributed by atoms with van der Waals surface area (Å²) in [5, 5.41) is 2.77. The van der Waals surface area contributed by atoms with Gasteiger partial charge in [0.15, 0.2) is 11.5 Å². The average Bonchev–Trinajstić information content (AvgIpc) is 2.58. The number of amides is 1. The molecular weight excluding hydrogens is 280 g/mol. The Hall–Kier alpha value is -2.82. The Bertz CT molecular complexity index is 654. The molecule has 22 heavy (non-hydrogen) atoms. The maximum Gasteiger partial charge on any atom is 0.244 e. The van der Waals surface area contributed by atoms with E-state index in [1.807, 2.05) is 30.3 Å². The highest BCUT2D eigenvalue weighted by Crippen LogP contribution is 2.31. The van der Waals surface area contributed by atoms with Crippen LogP contribution in [0.3, 0.4) is 0 Å². The molecule has 0 bridgehead atoms. The lowest BCUT2D eigenvalue weighted by molar-refractivity contribution is -0.116. The molecule has 5 nitrogen and oxygen atoms in total. The van der Waals surface area contributed by atoms with E-state index in [0.29, 0.717) is 18.0 Å². The van der Waals surface area contributed by atoms with Crippen molar-refractivity contribution in [1.29, 1.82) is 0 Å². The standard InChI is InChI=1S/C17H18N2O3/c1-21-15-8-5-6-13(17(15)22-2)9-10-16(20)19-12-14-7-3-4-11-18-14/h3-11H,12H2,1-2H3,(H,19,20)/b10-9+. The number of hydrogen-bond donors (Lipinski definition) is 1. The topological polar surface area (TPSA) is 60.5 Å². The highest BCUT2D eigenvalue weighted by molar-refractivity contribution is 5.92. The monoisotopic (exact) mass is 298 g/mol. The quantitative estimate of drug-likeness (QED) is 0.832. The van der Waals surface area contributed by atoms with Gasteiger partial charge in [-0.2, -0.15) is 0 Å². The van der Waals surface area contributed by atoms with Gasteiger partial charge < -0.3 is 14.8 Å². The summed E-state index contributed by atoms with van der Waals surface area (Å²) < 4.78 is 10.5. The molecule has 114 valence electrons. The number of nitrogens with zero attached hydrogens (tertiary/aromatic N) is 1. The number of para-hydroxylation sites is 1. The summed E-state index contributed by atoms with van der Waals surface area (Å²) in [5.74, 6) is 1.02. The molecule has 0 unspecified atom stereocenters. The largest absolute Gasteiger partial charge is 0.493 e. The third kappa shape index (κ3) is 4.09. The zero-order chi connectivity index (χ0) is 15.8. The Morgan fingerprint density at radius 2 is 2.05 bits per heavy atom. The van der Waals surface area contributed by atoms with Crippen molar-refractivity contribution in [3.8, 4) is 11.5 Å². The molecule has 0 aliphatic heterocycles. The van der Waals surface area contributed by atoms with Crippen molar-refractivity contribution < 1.29 is 14.3 Å². The lowest BCUT2D eigenvalue weighted by atomic mass is 10.1. The molecule has 0 aliphatic rings. The van der Waals surface area contributed by atoms with E-state index in [4.69, 9.17) is 9.47 Å². The number of ether oxygens (including phenoxy) is 2. The molecule has 2 aromatic rings. The number of carbonyl (C=O) groups is 1. The molecule has 1 heterocycles. The van der Waals surface area contributed by atoms with Crippen LogP contribution in [0, 0.1) is 0 Å². The second-order valence-corrected chi connectivity index (χ2v) is 4.45. The van der Waals surface area contributed by atoms with Crippen molar-refractivity contribution in [2.75, 3.05) is 14.2 Å². The van der Waals surface area contributed by atoms with Gasteiger partial charge in [0.1, 0.15) is 0 Å². The van der Waals surface area contributed by atoms with E-state index in [2.05, 4.69) is 10.3 Å². The van der Waals surface area contributed by atoms with Crippen LogP contribution in [0.4, 0.5) is 0 Å². The summed E-state index contributed by atoms with van der Waals surface area (Å²) in [6, 6.07) is 11.1. The Morgan fingerprint density at radius 3 is 2.73 bits per heavy atom. The van der Waals surface area contributed by atoms with E-state index < -0.39 is 0 Å². The molecular formula is C17H18N2O3. The number of benzene rings is 1. The number of hydrogen-bond acceptors (Lipinski definition) is 4. The zero-order valence-electron chi connectivity index (χ0n) is 12.6. The van der Waals surface area contributed by atoms with Crippen molar-refractivity contribution in [1.82, 2.24) is 10.3 Å². The van der Waals surface area contributed by atoms with Gasteiger partial charge in [0.05, 0.1) is 26.5 Å². The third-order valence-corrected chi connectivity index (χ3v) is 3.02. The van der Waals surface area contributed by atoms with Crippen LogP contribution in [0.25, 0.3) is 6.08 Å². The van der Waals surface area contributed by atoms with Gasteiger partial charge in [-0.25, -0.2) is 0 Å². The predicted molar refractivity (Wildman–Crippen MR) is 84.7 cm³/mol. The Balaban J connectivity index is 2.01. The lowest BCUT2D eigenvalue weighted by Crippen LogP contribution is -2.20. The Morgan fingerprint density at radius 1 is 1.18 bits per heavy atom. The van der Waals surface area contributed by atoms with E-state index in [0.717, 1.165) is 11.3 Å². The van der Waals surface area contributed by atoms with E-state index in [9.17, 15) is 4.79 Å². The highest BCUT2D eigenvalue weighted by atomic mass is 16.5. The van der Waals surface area contributed by atoms with E-state index in [1.54, 1.807) is 32.6 Å². The van der Waals surface area contributed by atoms with E-state index >= 15 is 0 Å². The molecule has 2 rings (SSSR count). The number of rotatable bonds is 6. The SMILES string of the molecule is COc1cccc(/C=C/C(=O)NCc2ccccn2)c1OC. The van der Waals surface area contributed by atoms with Crippen LogP contribution in [-0.4, -0.2) is 25.1 Å². The number of nitrogens with one attached hydrogen (secondary N) is 1. The molecule has 1 aromatic carbocycles. The van der Waals surface area contributed by atoms with E-state index in [1.165, 1.54) is 6.08 Å². The van der Waals surface area contributed by atoms with Crippen LogP contribution in [0.1, 0.15) is 11.3 Å². The normalized spacial score (nSPS) is 10.5. The van der Waals surface area contributed by atoms with Crippen molar-refractivity contribution >= 4 is 12.0 Å². The summed E-state index contributed by atoms with van der Waals surface area (Å²) in [6.07, 6.45) is 4.84. The Kier molecular flexibility index (Phi) is 5.54. The van der Waals surface area contributed by atoms with Gasteiger partial charge in [0.25, 0.3) is 0 Å². The molecule has 5 heteroatoms. The summed E-state index contributed by atoms with van der Waals surface area (Å²) in [6.45, 7) is 0.388. The van der Waals surface area contributed by atoms with E-state index in [-0.39, 0.29) is 5.91 Å². The number of pyridine rings is 1. The molecule has 0 spiro atoms. The minimum absolute atomic E-state index is 0.199. The molecule has 1 aromatic heterocycles. The molecule has 1 N–H and O–H groups in total. The van der Waals surface area contributed by atoms with Gasteiger partial charge in [-0.1, -0.05) is 18.2 Å². The summed E-state index contributed by atoms with van der Waals surface area (Å²) in [7, 11) is 3.14. The first-order valence-electron chi connectivity index (χ1n) is 6.81. The van der Waals surface area contributed by atoms with Crippen LogP contribution in [0.15, 0.2) is 48.7 Å². The predicted octanol–water partition coefficient (Wildman–Crippen LogP) is 2.43. The number of aromatic nitrogens is 1. The Labute approximate surface area is 129 Å². The minimum Gasteiger partial charge on any atom is -0.493 e.